The number of nitrogens with zero attached hydrogens (tertiary/aromatic N) is 1. The molecule has 1 aliphatic heterocycles. The van der Waals surface area contributed by atoms with Gasteiger partial charge in [0.1, 0.15) is 0 Å². The van der Waals surface area contributed by atoms with Gasteiger partial charge in [0.15, 0.2) is 0 Å². The number of benzene rings is 1. The molecule has 0 bridgehead atoms. The summed E-state index contributed by atoms with van der Waals surface area (Å²) in [5.41, 5.74) is 2.29. The second-order valence-electron chi connectivity index (χ2n) is 4.91. The van der Waals surface area contributed by atoms with Crippen LogP contribution in [0, 0.1) is 19.8 Å². The largest absolute Gasteiger partial charge is 0.481 e. The van der Waals surface area contributed by atoms with Gasteiger partial charge in [-0.05, 0) is 25.0 Å². The number of aliphatic carboxylic acids is 1. The highest BCUT2D eigenvalue weighted by Gasteiger charge is 2.39. The van der Waals surface area contributed by atoms with E-state index in [2.05, 4.69) is 0 Å². The summed E-state index contributed by atoms with van der Waals surface area (Å²) in [6.07, 6.45) is 0. The molecule has 1 aromatic rings. The maximum Gasteiger partial charge on any atom is 0.308 e. The van der Waals surface area contributed by atoms with Crippen LogP contribution in [0.4, 0.5) is 0 Å². The Bertz CT molecular complexity index is 550. The van der Waals surface area contributed by atoms with Crippen LogP contribution in [0.5, 0.6) is 0 Å². The quantitative estimate of drug-likeness (QED) is 0.839. The van der Waals surface area contributed by atoms with Crippen LogP contribution in [0.2, 0.25) is 0 Å². The van der Waals surface area contributed by atoms with E-state index in [1.165, 1.54) is 6.92 Å². The van der Waals surface area contributed by atoms with Crippen LogP contribution in [0.1, 0.15) is 38.8 Å². The molecule has 0 saturated carbocycles. The maximum atomic E-state index is 12.3. The zero-order valence-electron chi connectivity index (χ0n) is 11.1. The maximum absolute atomic E-state index is 12.3. The summed E-state index contributed by atoms with van der Waals surface area (Å²) >= 11 is 0. The SMILES string of the molecule is Cc1ccc(C)c2c1C(=O)N(CC(C)C(=O)O)C2=O. The predicted octanol–water partition coefficient (Wildman–Crippen LogP) is 1.62. The van der Waals surface area contributed by atoms with Crippen LogP contribution in [-0.2, 0) is 4.79 Å². The lowest BCUT2D eigenvalue weighted by Crippen LogP contribution is -2.36. The minimum atomic E-state index is -1.02. The van der Waals surface area contributed by atoms with E-state index in [0.29, 0.717) is 11.1 Å². The number of amides is 2. The summed E-state index contributed by atoms with van der Waals surface area (Å²) in [5.74, 6) is -2.59. The normalized spacial score (nSPS) is 15.6. The first-order chi connectivity index (χ1) is 8.84. The van der Waals surface area contributed by atoms with Gasteiger partial charge in [-0.3, -0.25) is 19.3 Å². The summed E-state index contributed by atoms with van der Waals surface area (Å²) in [6, 6.07) is 3.59. The molecule has 2 rings (SSSR count). The second kappa shape index (κ2) is 4.50. The van der Waals surface area contributed by atoms with Crippen LogP contribution >= 0.6 is 0 Å². The molecular weight excluding hydrogens is 246 g/mol. The van der Waals surface area contributed by atoms with Crippen LogP contribution in [-0.4, -0.2) is 34.3 Å². The number of fused-ring (bicyclic) bond motifs is 1. The van der Waals surface area contributed by atoms with E-state index in [9.17, 15) is 14.4 Å². The molecule has 0 spiro atoms. The van der Waals surface area contributed by atoms with Crippen LogP contribution in [0.25, 0.3) is 0 Å². The second-order valence-corrected chi connectivity index (χ2v) is 4.91. The molecule has 1 aromatic carbocycles. The fourth-order valence-corrected chi connectivity index (χ4v) is 2.24. The molecular formula is C14H15NO4. The summed E-state index contributed by atoms with van der Waals surface area (Å²) in [6.45, 7) is 4.92. The van der Waals surface area contributed by atoms with Crippen molar-refractivity contribution in [1.29, 1.82) is 0 Å². The van der Waals surface area contributed by atoms with Gasteiger partial charge in [0.05, 0.1) is 17.0 Å². The van der Waals surface area contributed by atoms with E-state index < -0.39 is 23.7 Å². The van der Waals surface area contributed by atoms with Crippen molar-refractivity contribution in [2.24, 2.45) is 5.92 Å². The molecule has 1 unspecified atom stereocenters. The highest BCUT2D eigenvalue weighted by atomic mass is 16.4. The summed E-state index contributed by atoms with van der Waals surface area (Å²) in [4.78, 5) is 36.4. The Kier molecular flexibility index (Phi) is 3.14. The lowest BCUT2D eigenvalue weighted by atomic mass is 9.99. The monoisotopic (exact) mass is 261 g/mol. The first-order valence-electron chi connectivity index (χ1n) is 6.03. The van der Waals surface area contributed by atoms with E-state index in [1.807, 2.05) is 0 Å². The molecule has 5 nitrogen and oxygen atoms in total. The van der Waals surface area contributed by atoms with E-state index >= 15 is 0 Å². The Hall–Kier alpha value is -2.17. The highest BCUT2D eigenvalue weighted by Crippen LogP contribution is 2.29. The van der Waals surface area contributed by atoms with Gasteiger partial charge in [-0.25, -0.2) is 0 Å². The van der Waals surface area contributed by atoms with Crippen LogP contribution < -0.4 is 0 Å². The Balaban J connectivity index is 2.42. The van der Waals surface area contributed by atoms with Crippen molar-refractivity contribution in [3.63, 3.8) is 0 Å². The van der Waals surface area contributed by atoms with E-state index in [0.717, 1.165) is 16.0 Å². The molecule has 0 radical (unpaired) electrons. The van der Waals surface area contributed by atoms with Gasteiger partial charge in [-0.1, -0.05) is 19.1 Å². The third-order valence-electron chi connectivity index (χ3n) is 3.42. The van der Waals surface area contributed by atoms with Gasteiger partial charge >= 0.3 is 5.97 Å². The number of hydrogen-bond acceptors (Lipinski definition) is 3. The number of carboxylic acid groups (broad SMARTS) is 1. The van der Waals surface area contributed by atoms with Gasteiger partial charge in [-0.2, -0.15) is 0 Å². The molecule has 0 aliphatic carbocycles. The Morgan fingerprint density at radius 2 is 1.58 bits per heavy atom. The number of carbonyl (C=O) groups excluding carboxylic acids is 2. The molecule has 1 atom stereocenters. The topological polar surface area (TPSA) is 74.7 Å². The van der Waals surface area contributed by atoms with E-state index in [-0.39, 0.29) is 6.54 Å². The zero-order chi connectivity index (χ0) is 14.3. The van der Waals surface area contributed by atoms with Crippen molar-refractivity contribution in [3.8, 4) is 0 Å². The number of carboxylic acids is 1. The molecule has 1 N–H and O–H groups in total. The van der Waals surface area contributed by atoms with Crippen molar-refractivity contribution >= 4 is 17.8 Å². The fraction of sp³-hybridized carbons (Fsp3) is 0.357. The Labute approximate surface area is 110 Å². The van der Waals surface area contributed by atoms with Gasteiger partial charge in [-0.15, -0.1) is 0 Å². The van der Waals surface area contributed by atoms with Crippen molar-refractivity contribution in [1.82, 2.24) is 4.90 Å². The summed E-state index contributed by atoms with van der Waals surface area (Å²) in [7, 11) is 0. The lowest BCUT2D eigenvalue weighted by molar-refractivity contribution is -0.141. The van der Waals surface area contributed by atoms with Crippen molar-refractivity contribution < 1.29 is 19.5 Å². The van der Waals surface area contributed by atoms with Crippen LogP contribution in [0.15, 0.2) is 12.1 Å². The molecule has 19 heavy (non-hydrogen) atoms. The third-order valence-corrected chi connectivity index (χ3v) is 3.42. The first kappa shape index (κ1) is 13.3. The lowest BCUT2D eigenvalue weighted by Gasteiger charge is -2.16. The minimum absolute atomic E-state index is 0.0967. The average molecular weight is 261 g/mol. The minimum Gasteiger partial charge on any atom is -0.481 e. The molecule has 0 saturated heterocycles. The molecule has 0 aromatic heterocycles. The van der Waals surface area contributed by atoms with Gasteiger partial charge in [0, 0.05) is 6.54 Å². The van der Waals surface area contributed by atoms with Crippen LogP contribution in [0.3, 0.4) is 0 Å². The van der Waals surface area contributed by atoms with Gasteiger partial charge in [0.25, 0.3) is 11.8 Å². The standard InChI is InChI=1S/C14H15NO4/c1-7-4-5-8(2)11-10(7)12(16)15(13(11)17)6-9(3)14(18)19/h4-5,9H,6H2,1-3H3,(H,18,19). The molecule has 5 heteroatoms. The van der Waals surface area contributed by atoms with E-state index in [4.69, 9.17) is 5.11 Å². The molecule has 2 amide bonds. The number of hydrogen-bond donors (Lipinski definition) is 1. The fourth-order valence-electron chi connectivity index (χ4n) is 2.24. The predicted molar refractivity (Wildman–Crippen MR) is 68.1 cm³/mol. The number of carbonyl (C=O) groups is 3. The van der Waals surface area contributed by atoms with Crippen molar-refractivity contribution in [3.05, 3.63) is 34.4 Å². The molecule has 1 aliphatic rings. The molecule has 1 heterocycles. The molecule has 100 valence electrons. The van der Waals surface area contributed by atoms with Crippen molar-refractivity contribution in [2.75, 3.05) is 6.54 Å². The summed E-state index contributed by atoms with van der Waals surface area (Å²) < 4.78 is 0. The van der Waals surface area contributed by atoms with Gasteiger partial charge in [0.2, 0.25) is 0 Å². The smallest absolute Gasteiger partial charge is 0.308 e. The van der Waals surface area contributed by atoms with Crippen molar-refractivity contribution in [2.45, 2.75) is 20.8 Å². The Morgan fingerprint density at radius 1 is 1.16 bits per heavy atom. The Morgan fingerprint density at radius 3 is 1.95 bits per heavy atom. The number of aryl methyl sites for hydroxylation is 2. The molecule has 0 fully saturated rings. The van der Waals surface area contributed by atoms with E-state index in [1.54, 1.807) is 26.0 Å². The third kappa shape index (κ3) is 2.01. The summed E-state index contributed by atoms with van der Waals surface area (Å²) in [5, 5.41) is 8.89. The van der Waals surface area contributed by atoms with Gasteiger partial charge < -0.3 is 5.11 Å². The number of rotatable bonds is 3. The average Bonchev–Trinajstić information content (AvgIpc) is 2.59. The number of imide groups is 1. The highest BCUT2D eigenvalue weighted by molar-refractivity contribution is 6.22. The zero-order valence-corrected chi connectivity index (χ0v) is 11.1. The first-order valence-corrected chi connectivity index (χ1v) is 6.03.